The largest absolute Gasteiger partial charge is 0.348 e. The van der Waals surface area contributed by atoms with E-state index in [1.165, 1.54) is 0 Å². The van der Waals surface area contributed by atoms with Crippen LogP contribution in [0.3, 0.4) is 0 Å². The molecule has 1 aliphatic heterocycles. The second-order valence-corrected chi connectivity index (χ2v) is 7.18. The van der Waals surface area contributed by atoms with Crippen molar-refractivity contribution in [3.05, 3.63) is 65.2 Å². The van der Waals surface area contributed by atoms with Crippen LogP contribution in [0.5, 0.6) is 0 Å². The number of anilines is 1. The predicted octanol–water partition coefficient (Wildman–Crippen LogP) is 4.32. The summed E-state index contributed by atoms with van der Waals surface area (Å²) in [7, 11) is 0. The monoisotopic (exact) mass is 354 g/mol. The van der Waals surface area contributed by atoms with E-state index in [1.807, 2.05) is 76.2 Å². The highest BCUT2D eigenvalue weighted by Crippen LogP contribution is 2.33. The lowest BCUT2D eigenvalue weighted by atomic mass is 10.0. The molecule has 2 aromatic carbocycles. The van der Waals surface area contributed by atoms with Gasteiger partial charge in [-0.05, 0) is 44.9 Å². The zero-order chi connectivity index (χ0) is 18.7. The van der Waals surface area contributed by atoms with E-state index in [1.54, 1.807) is 0 Å². The molecule has 1 saturated heterocycles. The number of nitrogens with one attached hydrogen (secondary N) is 2. The molecule has 2 atom stereocenters. The molecule has 1 heterocycles. The van der Waals surface area contributed by atoms with Crippen LogP contribution < -0.4 is 10.6 Å². The van der Waals surface area contributed by atoms with Gasteiger partial charge in [0, 0.05) is 5.69 Å². The maximum absolute atomic E-state index is 12.5. The molecule has 0 saturated carbocycles. The Labute approximate surface area is 154 Å². The summed E-state index contributed by atoms with van der Waals surface area (Å²) in [4.78, 5) is 12.5. The Morgan fingerprint density at radius 3 is 2.54 bits per heavy atom. The van der Waals surface area contributed by atoms with Gasteiger partial charge in [-0.3, -0.25) is 0 Å². The Morgan fingerprint density at radius 2 is 1.85 bits per heavy atom. The lowest BCUT2D eigenvalue weighted by Crippen LogP contribution is -2.52. The average Bonchev–Trinajstić information content (AvgIpc) is 2.59. The van der Waals surface area contributed by atoms with Crippen molar-refractivity contribution in [2.24, 2.45) is 0 Å². The number of benzene rings is 2. The van der Waals surface area contributed by atoms with Gasteiger partial charge < -0.3 is 20.1 Å². The van der Waals surface area contributed by atoms with Crippen LogP contribution in [0.1, 0.15) is 36.6 Å². The van der Waals surface area contributed by atoms with Gasteiger partial charge in [0.25, 0.3) is 0 Å². The number of hydrogen-bond donors (Lipinski definition) is 2. The molecule has 26 heavy (non-hydrogen) atoms. The minimum atomic E-state index is -0.692. The second-order valence-electron chi connectivity index (χ2n) is 7.18. The summed E-state index contributed by atoms with van der Waals surface area (Å²) in [5, 5.41) is 5.91. The fourth-order valence-electron chi connectivity index (χ4n) is 3.14. The maximum Gasteiger partial charge on any atom is 0.319 e. The third-order valence-electron chi connectivity index (χ3n) is 4.46. The molecule has 2 amide bonds. The van der Waals surface area contributed by atoms with Crippen molar-refractivity contribution in [1.82, 2.24) is 5.32 Å². The van der Waals surface area contributed by atoms with Crippen molar-refractivity contribution in [2.45, 2.75) is 45.6 Å². The summed E-state index contributed by atoms with van der Waals surface area (Å²) < 4.78 is 11.9. The van der Waals surface area contributed by atoms with Gasteiger partial charge in [-0.1, -0.05) is 48.0 Å². The first-order chi connectivity index (χ1) is 12.3. The highest BCUT2D eigenvalue weighted by molar-refractivity contribution is 5.90. The Kier molecular flexibility index (Phi) is 5.30. The van der Waals surface area contributed by atoms with Gasteiger partial charge in [-0.25, -0.2) is 4.79 Å². The van der Waals surface area contributed by atoms with Crippen molar-refractivity contribution in [3.8, 4) is 0 Å². The smallest absolute Gasteiger partial charge is 0.319 e. The number of carbonyl (C=O) groups is 1. The normalized spacial score (nSPS) is 21.8. The Bertz CT molecular complexity index is 774. The number of aryl methyl sites for hydroxylation is 2. The van der Waals surface area contributed by atoms with Gasteiger partial charge in [0.1, 0.15) is 6.10 Å². The molecule has 0 aliphatic carbocycles. The first kappa shape index (κ1) is 18.4. The fourth-order valence-corrected chi connectivity index (χ4v) is 3.14. The third kappa shape index (κ3) is 4.42. The lowest BCUT2D eigenvalue weighted by Gasteiger charge is -2.41. The molecule has 3 rings (SSSR count). The molecule has 1 aliphatic rings. The van der Waals surface area contributed by atoms with Gasteiger partial charge in [0.15, 0.2) is 5.79 Å². The molecular weight excluding hydrogens is 328 g/mol. The van der Waals surface area contributed by atoms with Crippen molar-refractivity contribution in [2.75, 3.05) is 11.9 Å². The minimum absolute atomic E-state index is 0.269. The van der Waals surface area contributed by atoms with Crippen molar-refractivity contribution in [3.63, 3.8) is 0 Å². The standard InChI is InChI=1S/C21H26N2O3/c1-14-10-11-17(15(2)12-14)22-20(24)23-18-13-25-21(3,4)26-19(18)16-8-6-5-7-9-16/h5-12,18-19H,13H2,1-4H3,(H2,22,23,24)/t18-,19+/m0/s1. The van der Waals surface area contributed by atoms with Crippen molar-refractivity contribution >= 4 is 11.7 Å². The van der Waals surface area contributed by atoms with E-state index in [2.05, 4.69) is 10.6 Å². The van der Waals surface area contributed by atoms with Gasteiger partial charge >= 0.3 is 6.03 Å². The van der Waals surface area contributed by atoms with Gasteiger partial charge in [0.2, 0.25) is 0 Å². The SMILES string of the molecule is Cc1ccc(NC(=O)N[C@H]2COC(C)(C)O[C@@H]2c2ccccc2)c(C)c1. The second kappa shape index (κ2) is 7.48. The molecule has 5 heteroatoms. The van der Waals surface area contributed by atoms with Crippen LogP contribution in [-0.4, -0.2) is 24.5 Å². The van der Waals surface area contributed by atoms with Crippen molar-refractivity contribution in [1.29, 1.82) is 0 Å². The summed E-state index contributed by atoms with van der Waals surface area (Å²) in [6.45, 7) is 8.15. The molecule has 5 nitrogen and oxygen atoms in total. The zero-order valence-corrected chi connectivity index (χ0v) is 15.7. The van der Waals surface area contributed by atoms with E-state index >= 15 is 0 Å². The summed E-state index contributed by atoms with van der Waals surface area (Å²) in [5.74, 6) is -0.692. The molecule has 2 N–H and O–H groups in total. The van der Waals surface area contributed by atoms with E-state index in [-0.39, 0.29) is 18.2 Å². The summed E-state index contributed by atoms with van der Waals surface area (Å²) in [6, 6.07) is 15.3. The van der Waals surface area contributed by atoms with Gasteiger partial charge in [-0.2, -0.15) is 0 Å². The predicted molar refractivity (Wildman–Crippen MR) is 102 cm³/mol. The Hall–Kier alpha value is -2.37. The summed E-state index contributed by atoms with van der Waals surface area (Å²) >= 11 is 0. The topological polar surface area (TPSA) is 59.6 Å². The van der Waals surface area contributed by atoms with Crippen LogP contribution in [0.4, 0.5) is 10.5 Å². The molecule has 138 valence electrons. The average molecular weight is 354 g/mol. The van der Waals surface area contributed by atoms with Crippen LogP contribution in [0, 0.1) is 13.8 Å². The van der Waals surface area contributed by atoms with Gasteiger partial charge in [-0.15, -0.1) is 0 Å². The van der Waals surface area contributed by atoms with E-state index < -0.39 is 5.79 Å². The Morgan fingerprint density at radius 1 is 1.12 bits per heavy atom. The highest BCUT2D eigenvalue weighted by Gasteiger charge is 2.38. The van der Waals surface area contributed by atoms with Crippen LogP contribution in [0.25, 0.3) is 0 Å². The third-order valence-corrected chi connectivity index (χ3v) is 4.46. The molecule has 0 radical (unpaired) electrons. The number of urea groups is 1. The number of hydrogen-bond acceptors (Lipinski definition) is 3. The number of carbonyl (C=O) groups excluding carboxylic acids is 1. The van der Waals surface area contributed by atoms with E-state index in [4.69, 9.17) is 9.47 Å². The number of ether oxygens (including phenoxy) is 2. The lowest BCUT2D eigenvalue weighted by molar-refractivity contribution is -0.284. The Balaban J connectivity index is 1.73. The molecule has 0 spiro atoms. The first-order valence-electron chi connectivity index (χ1n) is 8.85. The van der Waals surface area contributed by atoms with Crippen LogP contribution >= 0.6 is 0 Å². The molecule has 1 fully saturated rings. The molecule has 2 aromatic rings. The molecule has 0 aromatic heterocycles. The van der Waals surface area contributed by atoms with E-state index in [0.717, 1.165) is 22.4 Å². The number of rotatable bonds is 3. The van der Waals surface area contributed by atoms with Gasteiger partial charge in [0.05, 0.1) is 12.6 Å². The van der Waals surface area contributed by atoms with Crippen LogP contribution in [0.15, 0.2) is 48.5 Å². The quantitative estimate of drug-likeness (QED) is 0.863. The number of amides is 2. The minimum Gasteiger partial charge on any atom is -0.348 e. The molecule has 0 bridgehead atoms. The fraction of sp³-hybridized carbons (Fsp3) is 0.381. The summed E-state index contributed by atoms with van der Waals surface area (Å²) in [5.41, 5.74) is 3.99. The zero-order valence-electron chi connectivity index (χ0n) is 15.7. The van der Waals surface area contributed by atoms with E-state index in [9.17, 15) is 4.79 Å². The van der Waals surface area contributed by atoms with Crippen LogP contribution in [0.2, 0.25) is 0 Å². The molecule has 0 unspecified atom stereocenters. The van der Waals surface area contributed by atoms with Crippen molar-refractivity contribution < 1.29 is 14.3 Å². The maximum atomic E-state index is 12.5. The molecular formula is C21H26N2O3. The van der Waals surface area contributed by atoms with Crippen LogP contribution in [-0.2, 0) is 9.47 Å². The highest BCUT2D eigenvalue weighted by atomic mass is 16.7. The van der Waals surface area contributed by atoms with E-state index in [0.29, 0.717) is 6.61 Å². The summed E-state index contributed by atoms with van der Waals surface area (Å²) in [6.07, 6.45) is -0.273. The first-order valence-corrected chi connectivity index (χ1v) is 8.85.